The first-order chi connectivity index (χ1) is 7.52. The van der Waals surface area contributed by atoms with E-state index in [-0.39, 0.29) is 5.54 Å². The van der Waals surface area contributed by atoms with Crippen molar-refractivity contribution in [3.63, 3.8) is 0 Å². The maximum Gasteiger partial charge on any atom is 0.122 e. The van der Waals surface area contributed by atoms with Gasteiger partial charge in [0, 0.05) is 5.54 Å². The Balaban J connectivity index is 2.91. The van der Waals surface area contributed by atoms with Gasteiger partial charge in [0.25, 0.3) is 0 Å². The second-order valence-electron chi connectivity index (χ2n) is 4.81. The van der Waals surface area contributed by atoms with Gasteiger partial charge in [0.15, 0.2) is 0 Å². The summed E-state index contributed by atoms with van der Waals surface area (Å²) in [7, 11) is 3.73. The lowest BCUT2D eigenvalue weighted by molar-refractivity contribution is 0.407. The van der Waals surface area contributed by atoms with E-state index < -0.39 is 0 Å². The van der Waals surface area contributed by atoms with Gasteiger partial charge in [-0.05, 0) is 50.9 Å². The van der Waals surface area contributed by atoms with Gasteiger partial charge in [-0.2, -0.15) is 0 Å². The van der Waals surface area contributed by atoms with Gasteiger partial charge in [-0.1, -0.05) is 19.1 Å². The molecule has 1 aromatic carbocycles. The van der Waals surface area contributed by atoms with Crippen molar-refractivity contribution in [2.75, 3.05) is 14.2 Å². The fraction of sp³-hybridized carbons (Fsp3) is 0.571. The van der Waals surface area contributed by atoms with Gasteiger partial charge in [0.2, 0.25) is 0 Å². The van der Waals surface area contributed by atoms with Crippen molar-refractivity contribution in [2.24, 2.45) is 0 Å². The molecule has 2 heteroatoms. The van der Waals surface area contributed by atoms with Gasteiger partial charge >= 0.3 is 0 Å². The van der Waals surface area contributed by atoms with E-state index in [0.717, 1.165) is 18.6 Å². The Morgan fingerprint density at radius 2 is 2.00 bits per heavy atom. The molecule has 0 aliphatic rings. The molecule has 0 amide bonds. The van der Waals surface area contributed by atoms with Crippen molar-refractivity contribution in [3.05, 3.63) is 29.3 Å². The monoisotopic (exact) mass is 221 g/mol. The van der Waals surface area contributed by atoms with Crippen LogP contribution in [-0.2, 0) is 12.8 Å². The van der Waals surface area contributed by atoms with Crippen LogP contribution in [0.4, 0.5) is 0 Å². The van der Waals surface area contributed by atoms with E-state index in [1.807, 2.05) is 7.05 Å². The van der Waals surface area contributed by atoms with Crippen molar-refractivity contribution >= 4 is 0 Å². The van der Waals surface area contributed by atoms with Gasteiger partial charge in [0.1, 0.15) is 5.75 Å². The first-order valence-corrected chi connectivity index (χ1v) is 5.87. The van der Waals surface area contributed by atoms with Crippen LogP contribution in [-0.4, -0.2) is 19.7 Å². The largest absolute Gasteiger partial charge is 0.496 e. The SMILES string of the molecule is CCc1cc(CC(C)(C)NC)ccc1OC. The van der Waals surface area contributed by atoms with Crippen molar-refractivity contribution in [1.82, 2.24) is 5.32 Å². The summed E-state index contributed by atoms with van der Waals surface area (Å²) >= 11 is 0. The lowest BCUT2D eigenvalue weighted by Gasteiger charge is -2.24. The standard InChI is InChI=1S/C14H23NO/c1-6-12-9-11(7-8-13(12)16-5)10-14(2,3)15-4/h7-9,15H,6,10H2,1-5H3. The van der Waals surface area contributed by atoms with Crippen molar-refractivity contribution in [3.8, 4) is 5.75 Å². The Morgan fingerprint density at radius 3 is 2.50 bits per heavy atom. The first kappa shape index (κ1) is 13.0. The minimum Gasteiger partial charge on any atom is -0.496 e. The molecule has 0 aliphatic carbocycles. The van der Waals surface area contributed by atoms with E-state index in [9.17, 15) is 0 Å². The molecule has 0 fully saturated rings. The van der Waals surface area contributed by atoms with Crippen molar-refractivity contribution in [2.45, 2.75) is 39.2 Å². The molecule has 1 N–H and O–H groups in total. The molecule has 0 heterocycles. The van der Waals surface area contributed by atoms with Crippen molar-refractivity contribution < 1.29 is 4.74 Å². The van der Waals surface area contributed by atoms with Crippen LogP contribution in [0.25, 0.3) is 0 Å². The third kappa shape index (κ3) is 3.24. The highest BCUT2D eigenvalue weighted by atomic mass is 16.5. The van der Waals surface area contributed by atoms with E-state index in [1.165, 1.54) is 11.1 Å². The topological polar surface area (TPSA) is 21.3 Å². The molecule has 2 nitrogen and oxygen atoms in total. The molecule has 0 atom stereocenters. The van der Waals surface area contributed by atoms with Gasteiger partial charge < -0.3 is 10.1 Å². The fourth-order valence-electron chi connectivity index (χ4n) is 1.82. The molecule has 0 aromatic heterocycles. The summed E-state index contributed by atoms with van der Waals surface area (Å²) in [5, 5.41) is 3.32. The van der Waals surface area contributed by atoms with Gasteiger partial charge in [-0.15, -0.1) is 0 Å². The lowest BCUT2D eigenvalue weighted by atomic mass is 9.93. The average molecular weight is 221 g/mol. The number of ether oxygens (including phenoxy) is 1. The fourth-order valence-corrected chi connectivity index (χ4v) is 1.82. The van der Waals surface area contributed by atoms with E-state index >= 15 is 0 Å². The lowest BCUT2D eigenvalue weighted by Crippen LogP contribution is -2.38. The third-order valence-electron chi connectivity index (χ3n) is 3.05. The molecular weight excluding hydrogens is 198 g/mol. The maximum atomic E-state index is 5.33. The summed E-state index contributed by atoms with van der Waals surface area (Å²) in [6.07, 6.45) is 2.04. The minimum atomic E-state index is 0.138. The predicted molar refractivity (Wildman–Crippen MR) is 69.2 cm³/mol. The normalized spacial score (nSPS) is 11.6. The van der Waals surface area contributed by atoms with Crippen molar-refractivity contribution in [1.29, 1.82) is 0 Å². The molecule has 1 aromatic rings. The minimum absolute atomic E-state index is 0.138. The molecule has 90 valence electrons. The number of hydrogen-bond acceptors (Lipinski definition) is 2. The molecule has 0 bridgehead atoms. The zero-order valence-electron chi connectivity index (χ0n) is 11.1. The Labute approximate surface area is 99.0 Å². The van der Waals surface area contributed by atoms with E-state index in [0.29, 0.717) is 0 Å². The Hall–Kier alpha value is -1.02. The molecule has 16 heavy (non-hydrogen) atoms. The van der Waals surface area contributed by atoms with Crippen LogP contribution in [0.5, 0.6) is 5.75 Å². The van der Waals surface area contributed by atoms with Crippen LogP contribution < -0.4 is 10.1 Å². The zero-order chi connectivity index (χ0) is 12.2. The number of nitrogens with one attached hydrogen (secondary N) is 1. The van der Waals surface area contributed by atoms with Crippen LogP contribution in [0.15, 0.2) is 18.2 Å². The molecule has 0 spiro atoms. The van der Waals surface area contributed by atoms with E-state index in [1.54, 1.807) is 7.11 Å². The summed E-state index contributed by atoms with van der Waals surface area (Å²) in [6.45, 7) is 6.58. The molecule has 0 radical (unpaired) electrons. The van der Waals surface area contributed by atoms with Gasteiger partial charge in [-0.3, -0.25) is 0 Å². The average Bonchev–Trinajstić information content (AvgIpc) is 2.28. The molecule has 0 saturated heterocycles. The third-order valence-corrected chi connectivity index (χ3v) is 3.05. The summed E-state index contributed by atoms with van der Waals surface area (Å²) in [5.41, 5.74) is 2.78. The highest BCUT2D eigenvalue weighted by molar-refractivity contribution is 5.37. The summed E-state index contributed by atoms with van der Waals surface area (Å²) in [5.74, 6) is 0.994. The van der Waals surface area contributed by atoms with Gasteiger partial charge in [-0.25, -0.2) is 0 Å². The highest BCUT2D eigenvalue weighted by Crippen LogP contribution is 2.22. The second-order valence-corrected chi connectivity index (χ2v) is 4.81. The van der Waals surface area contributed by atoms with Crippen LogP contribution in [0, 0.1) is 0 Å². The quantitative estimate of drug-likeness (QED) is 0.825. The zero-order valence-corrected chi connectivity index (χ0v) is 11.1. The number of benzene rings is 1. The molecule has 0 aliphatic heterocycles. The number of hydrogen-bond donors (Lipinski definition) is 1. The van der Waals surface area contributed by atoms with E-state index in [4.69, 9.17) is 4.74 Å². The van der Waals surface area contributed by atoms with Gasteiger partial charge in [0.05, 0.1) is 7.11 Å². The number of aryl methyl sites for hydroxylation is 1. The summed E-state index contributed by atoms with van der Waals surface area (Å²) in [6, 6.07) is 6.47. The van der Waals surface area contributed by atoms with Crippen LogP contribution >= 0.6 is 0 Å². The smallest absolute Gasteiger partial charge is 0.122 e. The number of rotatable bonds is 5. The number of likely N-dealkylation sites (N-methyl/N-ethyl adjacent to an activating group) is 1. The molecule has 0 unspecified atom stereocenters. The summed E-state index contributed by atoms with van der Waals surface area (Å²) < 4.78 is 5.33. The van der Waals surface area contributed by atoms with Crippen LogP contribution in [0.2, 0.25) is 0 Å². The van der Waals surface area contributed by atoms with Crippen LogP contribution in [0.1, 0.15) is 31.9 Å². The first-order valence-electron chi connectivity index (χ1n) is 5.87. The maximum absolute atomic E-state index is 5.33. The predicted octanol–water partition coefficient (Wildman–Crippen LogP) is 2.80. The highest BCUT2D eigenvalue weighted by Gasteiger charge is 2.15. The summed E-state index contributed by atoms with van der Waals surface area (Å²) in [4.78, 5) is 0. The Bertz CT molecular complexity index is 345. The van der Waals surface area contributed by atoms with Crippen LogP contribution in [0.3, 0.4) is 0 Å². The second kappa shape index (κ2) is 5.35. The Kier molecular flexibility index (Phi) is 4.36. The Morgan fingerprint density at radius 1 is 1.31 bits per heavy atom. The molecule has 0 saturated carbocycles. The number of methoxy groups -OCH3 is 1. The molecule has 1 rings (SSSR count). The molecular formula is C14H23NO. The van der Waals surface area contributed by atoms with E-state index in [2.05, 4.69) is 44.3 Å².